The second-order valence-corrected chi connectivity index (χ2v) is 30.8. The molecule has 4 nitrogen and oxygen atoms in total. The minimum absolute atomic E-state index is 0. The van der Waals surface area contributed by atoms with E-state index in [2.05, 4.69) is 389 Å². The summed E-state index contributed by atoms with van der Waals surface area (Å²) in [7, 11) is -0.405. The molecule has 536 valence electrons. The van der Waals surface area contributed by atoms with E-state index in [9.17, 15) is 0 Å². The first-order valence-electron chi connectivity index (χ1n) is 38.4. The lowest BCUT2D eigenvalue weighted by Gasteiger charge is -2.32. The minimum Gasteiger partial charge on any atom is -0.455 e. The van der Waals surface area contributed by atoms with Crippen molar-refractivity contribution in [2.24, 2.45) is 0 Å². The molecule has 0 aliphatic carbocycles. The monoisotopic (exact) mass is 1500 g/mol. The van der Waals surface area contributed by atoms with Gasteiger partial charge in [-0.25, -0.2) is 0 Å². The number of hydrogen-bond donors (Lipinski definition) is 0. The molecule has 0 radical (unpaired) electrons. The van der Waals surface area contributed by atoms with Crippen LogP contribution in [-0.4, -0.2) is 18.3 Å². The van der Waals surface area contributed by atoms with E-state index in [0.717, 1.165) is 76.8 Å². The van der Waals surface area contributed by atoms with Crippen LogP contribution in [0, 0.1) is 0 Å². The molecular formula is C106H78BBrO4. The van der Waals surface area contributed by atoms with Gasteiger partial charge in [-0.05, 0) is 199 Å². The summed E-state index contributed by atoms with van der Waals surface area (Å²) in [6.45, 7) is 8.30. The lowest BCUT2D eigenvalue weighted by Crippen LogP contribution is -2.41. The fourth-order valence-electron chi connectivity index (χ4n) is 16.6. The molecule has 1 fully saturated rings. The molecule has 0 saturated carbocycles. The highest BCUT2D eigenvalue weighted by atomic mass is 79.9. The summed E-state index contributed by atoms with van der Waals surface area (Å²) in [5.41, 5.74) is 21.0. The van der Waals surface area contributed by atoms with Gasteiger partial charge in [0.2, 0.25) is 0 Å². The highest BCUT2D eigenvalue weighted by molar-refractivity contribution is 9.10. The highest BCUT2D eigenvalue weighted by Gasteiger charge is 2.52. The largest absolute Gasteiger partial charge is 0.494 e. The first-order chi connectivity index (χ1) is 55.0. The van der Waals surface area contributed by atoms with Crippen LogP contribution in [0.4, 0.5) is 0 Å². The molecular weight excluding hydrogens is 1430 g/mol. The molecule has 0 spiro atoms. The number of hydrogen-bond acceptors (Lipinski definition) is 4. The Morgan fingerprint density at radius 2 is 0.518 bits per heavy atom. The third-order valence-electron chi connectivity index (χ3n) is 22.8. The molecule has 0 N–H and O–H groups in total. The Balaban J connectivity index is 0.000000124. The van der Waals surface area contributed by atoms with Crippen LogP contribution in [0.3, 0.4) is 0 Å². The van der Waals surface area contributed by atoms with Crippen molar-refractivity contribution in [2.75, 3.05) is 0 Å². The van der Waals surface area contributed by atoms with Crippen molar-refractivity contribution in [2.45, 2.75) is 38.9 Å². The zero-order chi connectivity index (χ0) is 75.4. The molecule has 112 heavy (non-hydrogen) atoms. The second-order valence-electron chi connectivity index (χ2n) is 30.0. The van der Waals surface area contributed by atoms with E-state index in [1.807, 2.05) is 42.5 Å². The van der Waals surface area contributed by atoms with Gasteiger partial charge in [-0.1, -0.05) is 370 Å². The molecule has 1 aliphatic rings. The van der Waals surface area contributed by atoms with Crippen molar-refractivity contribution in [1.82, 2.24) is 0 Å². The fourth-order valence-corrected chi connectivity index (χ4v) is 17.3. The normalized spacial score (nSPS) is 13.1. The predicted molar refractivity (Wildman–Crippen MR) is 478 cm³/mol. The molecule has 18 aromatic carbocycles. The maximum atomic E-state index is 6.65. The summed E-state index contributed by atoms with van der Waals surface area (Å²) < 4.78 is 26.7. The molecule has 20 aromatic rings. The van der Waals surface area contributed by atoms with Crippen molar-refractivity contribution in [3.05, 3.63) is 393 Å². The Morgan fingerprint density at radius 1 is 0.232 bits per heavy atom. The fraction of sp³-hybridized carbons (Fsp3) is 0.0566. The average Bonchev–Trinajstić information content (AvgIpc) is 0.812. The molecule has 21 rings (SSSR count). The van der Waals surface area contributed by atoms with Crippen LogP contribution >= 0.6 is 15.9 Å². The second kappa shape index (κ2) is 29.1. The molecule has 1 aliphatic heterocycles. The van der Waals surface area contributed by atoms with Gasteiger partial charge in [-0.15, -0.1) is 0 Å². The smallest absolute Gasteiger partial charge is 0.455 e. The van der Waals surface area contributed by atoms with Crippen LogP contribution in [0.5, 0.6) is 0 Å². The third kappa shape index (κ3) is 12.7. The molecule has 6 heteroatoms. The summed E-state index contributed by atoms with van der Waals surface area (Å²) in [6, 6.07) is 138. The number of fused-ring (bicyclic) bond motifs is 8. The van der Waals surface area contributed by atoms with E-state index < -0.39 is 7.12 Å². The van der Waals surface area contributed by atoms with Crippen molar-refractivity contribution >= 4 is 115 Å². The quantitative estimate of drug-likeness (QED) is 0.101. The molecule has 0 bridgehead atoms. The van der Waals surface area contributed by atoms with Gasteiger partial charge in [0.05, 0.1) is 11.2 Å². The van der Waals surface area contributed by atoms with Gasteiger partial charge < -0.3 is 18.1 Å². The summed E-state index contributed by atoms with van der Waals surface area (Å²) in [4.78, 5) is 0. The van der Waals surface area contributed by atoms with Gasteiger partial charge in [0.15, 0.2) is 0 Å². The van der Waals surface area contributed by atoms with E-state index in [-0.39, 0.29) is 12.6 Å². The maximum absolute atomic E-state index is 6.65. The summed E-state index contributed by atoms with van der Waals surface area (Å²) in [5, 5.41) is 17.2. The molecule has 0 atom stereocenters. The summed E-state index contributed by atoms with van der Waals surface area (Å²) in [5.74, 6) is 1.77. The van der Waals surface area contributed by atoms with Gasteiger partial charge >= 0.3 is 7.12 Å². The first kappa shape index (κ1) is 69.5. The van der Waals surface area contributed by atoms with Crippen LogP contribution < -0.4 is 5.46 Å². The van der Waals surface area contributed by atoms with Gasteiger partial charge in [-0.2, -0.15) is 0 Å². The van der Waals surface area contributed by atoms with E-state index in [0.29, 0.717) is 0 Å². The molecule has 1 saturated heterocycles. The Labute approximate surface area is 662 Å². The maximum Gasteiger partial charge on any atom is 0.494 e. The van der Waals surface area contributed by atoms with E-state index in [4.69, 9.17) is 18.1 Å². The topological polar surface area (TPSA) is 44.7 Å². The molecule has 0 amide bonds. The van der Waals surface area contributed by atoms with Gasteiger partial charge in [-0.3, -0.25) is 0 Å². The van der Waals surface area contributed by atoms with Crippen LogP contribution in [-0.2, 0) is 9.31 Å². The van der Waals surface area contributed by atoms with E-state index in [1.54, 1.807) is 0 Å². The van der Waals surface area contributed by atoms with Crippen LogP contribution in [0.2, 0.25) is 0 Å². The van der Waals surface area contributed by atoms with Crippen molar-refractivity contribution in [3.8, 4) is 101 Å². The van der Waals surface area contributed by atoms with Gasteiger partial charge in [0, 0.05) is 38.9 Å². The zero-order valence-corrected chi connectivity index (χ0v) is 64.1. The Morgan fingerprint density at radius 3 is 0.920 bits per heavy atom. The SMILES string of the molecule is Brc1c2ccccc2c(-c2ccc(-c3cccc4ccccc34)cc2)c2ccccc12.CC1(C)OB(c2ccc3oc(-c4ccccc4)c(-c4ccccc4)c3c2)OC1(C)C.[HH].c1ccc(-c2oc3ccc(-c4c5ccccc5c(-c5ccc(-c6cccc7ccccc67)cc5)c5ccccc45)cc3c2-c2ccccc2)cc1. The van der Waals surface area contributed by atoms with E-state index in [1.165, 1.54) is 120 Å². The lowest BCUT2D eigenvalue weighted by atomic mass is 9.78. The lowest BCUT2D eigenvalue weighted by molar-refractivity contribution is 0.00578. The molecule has 3 heterocycles. The van der Waals surface area contributed by atoms with Gasteiger partial charge in [0.1, 0.15) is 22.7 Å². The predicted octanol–water partition coefficient (Wildman–Crippen LogP) is 29.8. The van der Waals surface area contributed by atoms with Crippen LogP contribution in [0.15, 0.2) is 402 Å². The third-order valence-corrected chi connectivity index (χ3v) is 23.6. The average molecular weight is 1510 g/mol. The Kier molecular flexibility index (Phi) is 18.1. The first-order valence-corrected chi connectivity index (χ1v) is 39.2. The molecule has 2 aromatic heterocycles. The summed E-state index contributed by atoms with van der Waals surface area (Å²) >= 11 is 3.85. The number of halogens is 1. The number of furan rings is 2. The van der Waals surface area contributed by atoms with Crippen molar-refractivity contribution in [3.63, 3.8) is 0 Å². The standard InChI is InChI=1S/C50H32O.C30H19Br.C26H25BO3.H2/c1-3-15-35(16-4-1)49-45-32-38(30-31-46(45)51-50(49)37-17-5-2-6-18-37)48-43-23-11-9-21-41(43)47(42-22-10-12-24-44(42)48)36-28-26-34(27-29-36)40-25-13-19-33-14-7-8-20-39(33)40;31-30-27-13-5-3-11-25(27)29(26-12-4-6-14-28(26)30)22-18-16-21(17-19-22)24-15-7-9-20-8-1-2-10-23(20)24;1-25(2)26(3,4)30-27(29-25)20-15-16-22-21(17-20)23(18-11-7-5-8-12-18)24(28-22)19-13-9-6-10-14-19;/h1-32H;1-19H;5-17H,1-4H3;1H. The number of benzene rings is 18. The highest BCUT2D eigenvalue weighted by Crippen LogP contribution is 2.50. The Bertz CT molecular complexity index is 6790. The van der Waals surface area contributed by atoms with Gasteiger partial charge in [0.25, 0.3) is 0 Å². The molecule has 0 unspecified atom stereocenters. The minimum atomic E-state index is -0.405. The van der Waals surface area contributed by atoms with Crippen molar-refractivity contribution in [1.29, 1.82) is 0 Å². The van der Waals surface area contributed by atoms with Crippen LogP contribution in [0.1, 0.15) is 29.1 Å². The summed E-state index contributed by atoms with van der Waals surface area (Å²) in [6.07, 6.45) is 0. The van der Waals surface area contributed by atoms with Crippen molar-refractivity contribution < 1.29 is 19.6 Å². The van der Waals surface area contributed by atoms with Crippen LogP contribution in [0.25, 0.3) is 187 Å². The van der Waals surface area contributed by atoms with E-state index >= 15 is 0 Å². The Hall–Kier alpha value is -12.9. The number of rotatable bonds is 10. The zero-order valence-electron chi connectivity index (χ0n) is 62.5.